The summed E-state index contributed by atoms with van der Waals surface area (Å²) >= 11 is 0. The van der Waals surface area contributed by atoms with E-state index in [4.69, 9.17) is 9.15 Å². The van der Waals surface area contributed by atoms with Gasteiger partial charge in [0.05, 0.1) is 38.2 Å². The van der Waals surface area contributed by atoms with Gasteiger partial charge in [-0.3, -0.25) is 14.6 Å². The second kappa shape index (κ2) is 8.67. The summed E-state index contributed by atoms with van der Waals surface area (Å²) in [4.78, 5) is 17.1. The van der Waals surface area contributed by atoms with Crippen molar-refractivity contribution in [2.45, 2.75) is 31.5 Å². The number of aliphatic hydroxyl groups excluding tert-OH is 1. The summed E-state index contributed by atoms with van der Waals surface area (Å²) in [7, 11) is 0. The highest BCUT2D eigenvalue weighted by molar-refractivity contribution is 5.78. The maximum absolute atomic E-state index is 12.5. The van der Waals surface area contributed by atoms with Gasteiger partial charge in [-0.2, -0.15) is 0 Å². The Morgan fingerprint density at radius 3 is 2.73 bits per heavy atom. The second-order valence-corrected chi connectivity index (χ2v) is 9.11. The number of hydrogen-bond acceptors (Lipinski definition) is 6. The molecule has 1 aliphatic carbocycles. The van der Waals surface area contributed by atoms with E-state index in [0.29, 0.717) is 31.6 Å². The lowest BCUT2D eigenvalue weighted by Crippen LogP contribution is -2.52. The van der Waals surface area contributed by atoms with Crippen molar-refractivity contribution in [1.29, 1.82) is 0 Å². The topological polar surface area (TPSA) is 78.2 Å². The second-order valence-electron chi connectivity index (χ2n) is 9.11. The van der Waals surface area contributed by atoms with Gasteiger partial charge in [-0.05, 0) is 48.4 Å². The number of ether oxygens (including phenoxy) is 1. The molecule has 0 unspecified atom stereocenters. The van der Waals surface area contributed by atoms with Gasteiger partial charge in [-0.1, -0.05) is 6.07 Å². The molecule has 4 atom stereocenters. The molecule has 30 heavy (non-hydrogen) atoms. The van der Waals surface area contributed by atoms with E-state index in [2.05, 4.69) is 27.2 Å². The number of nitrogens with one attached hydrogen (secondary N) is 1. The molecule has 2 N–H and O–H groups in total. The lowest BCUT2D eigenvalue weighted by molar-refractivity contribution is -0.125. The number of fused-ring (bicyclic) bond motifs is 2. The lowest BCUT2D eigenvalue weighted by Gasteiger charge is -2.36. The molecule has 7 nitrogen and oxygen atoms in total. The molecule has 5 rings (SSSR count). The van der Waals surface area contributed by atoms with E-state index in [0.717, 1.165) is 56.5 Å². The molecule has 1 aromatic carbocycles. The van der Waals surface area contributed by atoms with Crippen LogP contribution in [0.3, 0.4) is 0 Å². The van der Waals surface area contributed by atoms with Crippen molar-refractivity contribution in [3.05, 3.63) is 36.1 Å². The van der Waals surface area contributed by atoms with E-state index in [1.165, 1.54) is 5.56 Å². The molecule has 3 aliphatic rings. The standard InChI is InChI=1S/C23H31N3O4/c27-21-11-19-14-26(12-16-1-2-22-17(9-16)3-6-30-22)13-18(19)10-20(21)24-23(28)15-25-4-7-29-8-5-25/h1-3,6,9,18-21,27H,4-5,7-8,10-15H2,(H,24,28)/t18-,19+,20-,21-/m0/s1. The summed E-state index contributed by atoms with van der Waals surface area (Å²) in [5.74, 6) is 1.05. The largest absolute Gasteiger partial charge is 0.464 e. The molecule has 1 aromatic heterocycles. The van der Waals surface area contributed by atoms with Gasteiger partial charge in [0.1, 0.15) is 5.58 Å². The molecule has 7 heteroatoms. The summed E-state index contributed by atoms with van der Waals surface area (Å²) in [5.41, 5.74) is 2.21. The molecule has 162 valence electrons. The Morgan fingerprint density at radius 2 is 1.90 bits per heavy atom. The number of morpholine rings is 1. The third-order valence-corrected chi connectivity index (χ3v) is 6.96. The van der Waals surface area contributed by atoms with Crippen molar-refractivity contribution in [2.75, 3.05) is 45.9 Å². The third kappa shape index (κ3) is 4.39. The molecule has 3 heterocycles. The number of rotatable bonds is 5. The summed E-state index contributed by atoms with van der Waals surface area (Å²) in [6, 6.07) is 8.24. The van der Waals surface area contributed by atoms with Crippen molar-refractivity contribution in [1.82, 2.24) is 15.1 Å². The molecule has 1 amide bonds. The van der Waals surface area contributed by atoms with E-state index in [1.54, 1.807) is 6.26 Å². The zero-order valence-corrected chi connectivity index (χ0v) is 17.3. The van der Waals surface area contributed by atoms with Gasteiger partial charge in [0.15, 0.2) is 0 Å². The highest BCUT2D eigenvalue weighted by Crippen LogP contribution is 2.37. The first-order valence-corrected chi connectivity index (χ1v) is 11.1. The van der Waals surface area contributed by atoms with E-state index in [9.17, 15) is 9.90 Å². The van der Waals surface area contributed by atoms with Crippen LogP contribution in [0.1, 0.15) is 18.4 Å². The maximum atomic E-state index is 12.5. The van der Waals surface area contributed by atoms with Gasteiger partial charge in [0, 0.05) is 38.1 Å². The van der Waals surface area contributed by atoms with Crippen molar-refractivity contribution >= 4 is 16.9 Å². The van der Waals surface area contributed by atoms with Gasteiger partial charge >= 0.3 is 0 Å². The molecule has 0 bridgehead atoms. The van der Waals surface area contributed by atoms with Crippen LogP contribution in [0, 0.1) is 11.8 Å². The minimum absolute atomic E-state index is 0.0164. The Labute approximate surface area is 177 Å². The predicted molar refractivity (Wildman–Crippen MR) is 113 cm³/mol. The molecule has 1 saturated carbocycles. The Bertz CT molecular complexity index is 878. The van der Waals surface area contributed by atoms with Crippen LogP contribution in [0.5, 0.6) is 0 Å². The predicted octanol–water partition coefficient (Wildman–Crippen LogP) is 1.45. The van der Waals surface area contributed by atoms with Gasteiger partial charge in [0.2, 0.25) is 5.91 Å². The average Bonchev–Trinajstić information content (AvgIpc) is 3.34. The third-order valence-electron chi connectivity index (χ3n) is 6.96. The van der Waals surface area contributed by atoms with Crippen molar-refractivity contribution in [3.63, 3.8) is 0 Å². The molecule has 2 aliphatic heterocycles. The number of hydrogen-bond donors (Lipinski definition) is 2. The Hall–Kier alpha value is -1.93. The highest BCUT2D eigenvalue weighted by atomic mass is 16.5. The Balaban J connectivity index is 1.15. The van der Waals surface area contributed by atoms with E-state index < -0.39 is 6.10 Å². The number of carbonyl (C=O) groups is 1. The molecule has 2 saturated heterocycles. The zero-order valence-electron chi connectivity index (χ0n) is 17.3. The summed E-state index contributed by atoms with van der Waals surface area (Å²) in [5, 5.41) is 14.9. The van der Waals surface area contributed by atoms with Crippen molar-refractivity contribution in [2.24, 2.45) is 11.8 Å². The van der Waals surface area contributed by atoms with Crippen LogP contribution in [0.4, 0.5) is 0 Å². The van der Waals surface area contributed by atoms with Gasteiger partial charge in [0.25, 0.3) is 0 Å². The number of amides is 1. The molecule has 0 radical (unpaired) electrons. The molecule has 0 spiro atoms. The SMILES string of the molecule is O=C(CN1CCOCC1)N[C@H]1C[C@H]2CN(Cc3ccc4occc4c3)C[C@H]2C[C@@H]1O. The van der Waals surface area contributed by atoms with Crippen LogP contribution >= 0.6 is 0 Å². The number of nitrogens with zero attached hydrogens (tertiary/aromatic N) is 2. The average molecular weight is 414 g/mol. The maximum Gasteiger partial charge on any atom is 0.234 e. The fraction of sp³-hybridized carbons (Fsp3) is 0.609. The fourth-order valence-corrected chi connectivity index (χ4v) is 5.40. The molecular formula is C23H31N3O4. The number of carbonyl (C=O) groups excluding carboxylic acids is 1. The van der Waals surface area contributed by atoms with Gasteiger partial charge in [-0.15, -0.1) is 0 Å². The zero-order chi connectivity index (χ0) is 20.5. The summed E-state index contributed by atoms with van der Waals surface area (Å²) in [6.07, 6.45) is 2.90. The fourth-order valence-electron chi connectivity index (χ4n) is 5.40. The van der Waals surface area contributed by atoms with Gasteiger partial charge < -0.3 is 19.6 Å². The van der Waals surface area contributed by atoms with Crippen LogP contribution in [0.15, 0.2) is 34.9 Å². The van der Waals surface area contributed by atoms with E-state index in [1.807, 2.05) is 12.1 Å². The number of benzene rings is 1. The Morgan fingerprint density at radius 1 is 1.10 bits per heavy atom. The minimum atomic E-state index is -0.456. The van der Waals surface area contributed by atoms with Crippen LogP contribution in [0.2, 0.25) is 0 Å². The quantitative estimate of drug-likeness (QED) is 0.773. The van der Waals surface area contributed by atoms with Crippen molar-refractivity contribution < 1.29 is 19.1 Å². The number of aliphatic hydroxyl groups is 1. The first kappa shape index (κ1) is 20.0. The number of furan rings is 1. The van der Waals surface area contributed by atoms with Crippen LogP contribution in [0.25, 0.3) is 11.0 Å². The summed E-state index contributed by atoms with van der Waals surface area (Å²) in [6.45, 7) is 6.31. The first-order chi connectivity index (χ1) is 14.6. The van der Waals surface area contributed by atoms with Crippen LogP contribution < -0.4 is 5.32 Å². The van der Waals surface area contributed by atoms with E-state index in [-0.39, 0.29) is 11.9 Å². The number of likely N-dealkylation sites (tertiary alicyclic amines) is 1. The monoisotopic (exact) mass is 413 g/mol. The normalized spacial score (nSPS) is 30.4. The summed E-state index contributed by atoms with van der Waals surface area (Å²) < 4.78 is 10.8. The lowest BCUT2D eigenvalue weighted by atomic mass is 9.77. The van der Waals surface area contributed by atoms with Gasteiger partial charge in [-0.25, -0.2) is 0 Å². The first-order valence-electron chi connectivity index (χ1n) is 11.1. The minimum Gasteiger partial charge on any atom is -0.464 e. The molecule has 2 aromatic rings. The highest BCUT2D eigenvalue weighted by Gasteiger charge is 2.42. The van der Waals surface area contributed by atoms with E-state index >= 15 is 0 Å². The molecular weight excluding hydrogens is 382 g/mol. The smallest absolute Gasteiger partial charge is 0.234 e. The van der Waals surface area contributed by atoms with Crippen molar-refractivity contribution in [3.8, 4) is 0 Å². The Kier molecular flexibility index (Phi) is 5.78. The van der Waals surface area contributed by atoms with Crippen LogP contribution in [-0.4, -0.2) is 78.9 Å². The molecule has 3 fully saturated rings. The van der Waals surface area contributed by atoms with Crippen LogP contribution in [-0.2, 0) is 16.1 Å².